The third-order valence-corrected chi connectivity index (χ3v) is 9.11. The van der Waals surface area contributed by atoms with Gasteiger partial charge in [0.2, 0.25) is 0 Å². The van der Waals surface area contributed by atoms with Crippen LogP contribution in [0.25, 0.3) is 6.08 Å². The molecule has 0 spiro atoms. The van der Waals surface area contributed by atoms with Crippen molar-refractivity contribution < 1.29 is 18.7 Å². The Labute approximate surface area is 271 Å². The zero-order chi connectivity index (χ0) is 29.3. The lowest BCUT2D eigenvalue weighted by Gasteiger charge is -2.24. The predicted molar refractivity (Wildman–Crippen MR) is 174 cm³/mol. The molecule has 0 saturated heterocycles. The van der Waals surface area contributed by atoms with Crippen LogP contribution in [0.2, 0.25) is 5.02 Å². The average molecular weight is 815 g/mol. The number of esters is 1. The van der Waals surface area contributed by atoms with Crippen LogP contribution in [-0.4, -0.2) is 17.1 Å². The smallest absolute Gasteiger partial charge is 0.338 e. The lowest BCUT2D eigenvalue weighted by molar-refractivity contribution is -0.139. The number of carbonyl (C=O) groups excluding carboxylic acids is 1. The van der Waals surface area contributed by atoms with E-state index in [9.17, 15) is 14.0 Å². The number of carbonyl (C=O) groups is 1. The van der Waals surface area contributed by atoms with E-state index in [1.54, 1.807) is 32.1 Å². The van der Waals surface area contributed by atoms with E-state index in [4.69, 9.17) is 21.1 Å². The van der Waals surface area contributed by atoms with E-state index >= 15 is 0 Å². The molecule has 6 nitrogen and oxygen atoms in total. The van der Waals surface area contributed by atoms with Crippen molar-refractivity contribution in [3.05, 3.63) is 126 Å². The van der Waals surface area contributed by atoms with Gasteiger partial charge in [-0.25, -0.2) is 14.2 Å². The molecule has 0 bridgehead atoms. The van der Waals surface area contributed by atoms with Crippen LogP contribution >= 0.6 is 68.1 Å². The normalized spacial score (nSPS) is 15.0. The van der Waals surface area contributed by atoms with Crippen molar-refractivity contribution in [1.29, 1.82) is 0 Å². The third kappa shape index (κ3) is 6.45. The summed E-state index contributed by atoms with van der Waals surface area (Å²) in [4.78, 5) is 31.9. The Bertz CT molecular complexity index is 1850. The van der Waals surface area contributed by atoms with E-state index in [1.807, 2.05) is 36.4 Å². The SMILES string of the molecule is CCOC(=O)C1=C(C)N=c2s/c(=C\c3cc(I)c(OCc4cccc(Cl)c4)c(I)c3)c(=O)n2[C@H]1c1ccc(F)cc1. The maximum absolute atomic E-state index is 13.8. The topological polar surface area (TPSA) is 69.9 Å². The highest BCUT2D eigenvalue weighted by atomic mass is 127. The zero-order valence-electron chi connectivity index (χ0n) is 21.8. The minimum atomic E-state index is -0.796. The van der Waals surface area contributed by atoms with Crippen molar-refractivity contribution in [2.75, 3.05) is 6.61 Å². The minimum absolute atomic E-state index is 0.173. The molecule has 0 amide bonds. The second kappa shape index (κ2) is 12.8. The molecule has 0 radical (unpaired) electrons. The van der Waals surface area contributed by atoms with Crippen LogP contribution in [0.4, 0.5) is 4.39 Å². The largest absolute Gasteiger partial charge is 0.487 e. The number of halogens is 4. The summed E-state index contributed by atoms with van der Waals surface area (Å²) in [6.07, 6.45) is 1.81. The number of thiazole rings is 1. The number of aromatic nitrogens is 1. The molecule has 1 aliphatic rings. The molecule has 1 atom stereocenters. The van der Waals surface area contributed by atoms with Crippen molar-refractivity contribution in [2.24, 2.45) is 4.99 Å². The number of nitrogens with zero attached hydrogens (tertiary/aromatic N) is 2. The quantitative estimate of drug-likeness (QED) is 0.161. The molecule has 4 aromatic rings. The standard InChI is InChI=1S/C30H22ClFI2N2O4S/c1-3-39-29(38)25-16(2)35-30-36(26(25)19-7-9-21(32)10-8-19)28(37)24(41-30)14-18-12-22(33)27(23(34)13-18)40-15-17-5-4-6-20(31)11-17/h4-14,26H,3,15H2,1-2H3/b24-14-/t26-/m0/s1. The lowest BCUT2D eigenvalue weighted by atomic mass is 9.96. The van der Waals surface area contributed by atoms with Gasteiger partial charge in [-0.05, 0) is 118 Å². The molecule has 0 fully saturated rings. The maximum atomic E-state index is 13.8. The molecule has 5 rings (SSSR count). The Balaban J connectivity index is 1.55. The van der Waals surface area contributed by atoms with Gasteiger partial charge < -0.3 is 9.47 Å². The van der Waals surface area contributed by atoms with Crippen LogP contribution in [-0.2, 0) is 16.1 Å². The van der Waals surface area contributed by atoms with E-state index < -0.39 is 17.8 Å². The van der Waals surface area contributed by atoms with E-state index in [0.29, 0.717) is 32.2 Å². The van der Waals surface area contributed by atoms with Gasteiger partial charge in [0.05, 0.1) is 35.6 Å². The fraction of sp³-hybridized carbons (Fsp3) is 0.167. The van der Waals surface area contributed by atoms with Crippen molar-refractivity contribution in [2.45, 2.75) is 26.5 Å². The fourth-order valence-corrected chi connectivity index (χ4v) is 7.87. The molecule has 210 valence electrons. The first kappa shape index (κ1) is 29.9. The zero-order valence-corrected chi connectivity index (χ0v) is 27.7. The van der Waals surface area contributed by atoms with E-state index in [1.165, 1.54) is 28.0 Å². The number of benzene rings is 3. The van der Waals surface area contributed by atoms with Crippen LogP contribution in [0.3, 0.4) is 0 Å². The molecular formula is C30H22ClFI2N2O4S. The number of hydrogen-bond donors (Lipinski definition) is 0. The number of fused-ring (bicyclic) bond motifs is 1. The van der Waals surface area contributed by atoms with E-state index in [0.717, 1.165) is 24.0 Å². The van der Waals surface area contributed by atoms with Gasteiger partial charge in [-0.15, -0.1) is 0 Å². The summed E-state index contributed by atoms with van der Waals surface area (Å²) in [6, 6.07) is 16.4. The molecule has 11 heteroatoms. The van der Waals surface area contributed by atoms with Crippen LogP contribution in [0.1, 0.15) is 36.6 Å². The van der Waals surface area contributed by atoms with Gasteiger partial charge in [0, 0.05) is 5.02 Å². The first-order valence-corrected chi connectivity index (χ1v) is 15.8. The van der Waals surface area contributed by atoms with E-state index in [-0.39, 0.29) is 17.7 Å². The van der Waals surface area contributed by atoms with E-state index in [2.05, 4.69) is 50.2 Å². The molecule has 3 aromatic carbocycles. The number of allylic oxidation sites excluding steroid dienone is 1. The van der Waals surface area contributed by atoms with Crippen LogP contribution < -0.4 is 19.6 Å². The van der Waals surface area contributed by atoms with Crippen LogP contribution in [0.15, 0.2) is 81.7 Å². The number of rotatable bonds is 7. The molecule has 2 heterocycles. The summed E-state index contributed by atoms with van der Waals surface area (Å²) >= 11 is 11.8. The fourth-order valence-electron chi connectivity index (χ4n) is 4.49. The summed E-state index contributed by atoms with van der Waals surface area (Å²) in [5.74, 6) is -0.227. The van der Waals surface area contributed by atoms with Crippen LogP contribution in [0, 0.1) is 13.0 Å². The molecular weight excluding hydrogens is 793 g/mol. The molecule has 0 saturated carbocycles. The summed E-state index contributed by atoms with van der Waals surface area (Å²) in [5.41, 5.74) is 2.77. The average Bonchev–Trinajstić information content (AvgIpc) is 3.22. The Morgan fingerprint density at radius 3 is 2.51 bits per heavy atom. The highest BCUT2D eigenvalue weighted by Gasteiger charge is 2.33. The summed E-state index contributed by atoms with van der Waals surface area (Å²) in [5, 5.41) is 0.651. The molecule has 0 unspecified atom stereocenters. The van der Waals surface area contributed by atoms with Gasteiger partial charge in [-0.1, -0.05) is 47.2 Å². The van der Waals surface area contributed by atoms with Gasteiger partial charge in [0.15, 0.2) is 4.80 Å². The molecule has 41 heavy (non-hydrogen) atoms. The lowest BCUT2D eigenvalue weighted by Crippen LogP contribution is -2.39. The number of hydrogen-bond acceptors (Lipinski definition) is 6. The van der Waals surface area contributed by atoms with Gasteiger partial charge in [0.25, 0.3) is 5.56 Å². The highest BCUT2D eigenvalue weighted by Crippen LogP contribution is 2.32. The first-order chi connectivity index (χ1) is 19.7. The summed E-state index contributed by atoms with van der Waals surface area (Å²) < 4.78 is 28.9. The maximum Gasteiger partial charge on any atom is 0.338 e. The third-order valence-electron chi connectivity index (χ3n) is 6.29. The Morgan fingerprint density at radius 1 is 1.15 bits per heavy atom. The van der Waals surface area contributed by atoms with Gasteiger partial charge in [-0.3, -0.25) is 9.36 Å². The predicted octanol–water partition coefficient (Wildman–Crippen LogP) is 6.38. The minimum Gasteiger partial charge on any atom is -0.487 e. The molecule has 0 aliphatic carbocycles. The van der Waals surface area contributed by atoms with Gasteiger partial charge in [0.1, 0.15) is 18.2 Å². The monoisotopic (exact) mass is 814 g/mol. The van der Waals surface area contributed by atoms with Crippen LogP contribution in [0.5, 0.6) is 5.75 Å². The van der Waals surface area contributed by atoms with Gasteiger partial charge >= 0.3 is 5.97 Å². The Morgan fingerprint density at radius 2 is 1.85 bits per heavy atom. The van der Waals surface area contributed by atoms with Gasteiger partial charge in [-0.2, -0.15) is 0 Å². The molecule has 1 aromatic heterocycles. The molecule has 0 N–H and O–H groups in total. The summed E-state index contributed by atoms with van der Waals surface area (Å²) in [6.45, 7) is 3.97. The Kier molecular flexibility index (Phi) is 9.31. The summed E-state index contributed by atoms with van der Waals surface area (Å²) in [7, 11) is 0. The van der Waals surface area contributed by atoms with Crippen molar-refractivity contribution >= 4 is 80.2 Å². The second-order valence-corrected chi connectivity index (χ2v) is 12.9. The van der Waals surface area contributed by atoms with Crippen molar-refractivity contribution in [3.63, 3.8) is 0 Å². The van der Waals surface area contributed by atoms with Crippen molar-refractivity contribution in [3.8, 4) is 5.75 Å². The Hall–Kier alpha value is -2.55. The second-order valence-electron chi connectivity index (χ2n) is 9.09. The first-order valence-electron chi connectivity index (χ1n) is 12.5. The molecule has 1 aliphatic heterocycles. The highest BCUT2D eigenvalue weighted by molar-refractivity contribution is 14.1. The van der Waals surface area contributed by atoms with Crippen molar-refractivity contribution in [1.82, 2.24) is 4.57 Å². The number of ether oxygens (including phenoxy) is 2.